The zero-order valence-electron chi connectivity index (χ0n) is 13.1. The van der Waals surface area contributed by atoms with Crippen molar-refractivity contribution in [3.63, 3.8) is 0 Å². The number of fused-ring (bicyclic) bond motifs is 1. The molecule has 2 aromatic rings. The first-order chi connectivity index (χ1) is 11.1. The van der Waals surface area contributed by atoms with Crippen molar-refractivity contribution >= 4 is 11.9 Å². The van der Waals surface area contributed by atoms with Crippen LogP contribution in [0.2, 0.25) is 0 Å². The number of carbonyl (C=O) groups excluding carboxylic acids is 2. The van der Waals surface area contributed by atoms with Gasteiger partial charge in [0, 0.05) is 18.3 Å². The van der Waals surface area contributed by atoms with Crippen LogP contribution in [-0.4, -0.2) is 28.8 Å². The Balaban J connectivity index is 1.94. The molecule has 0 saturated carbocycles. The molecule has 0 saturated heterocycles. The standard InChI is InChI=1S/C16H19N5O2/c1-10-6-3-4-8-12(10)21-13-9-5-7-11(13)14(20-21)15(22)18-19-16(23)17-2/h3-4,6,8H,5,7,9H2,1-2H3,(H,18,22)(H2,17,19,23). The molecule has 0 fully saturated rings. The molecule has 1 aliphatic carbocycles. The number of aromatic nitrogens is 2. The van der Waals surface area contributed by atoms with Crippen LogP contribution >= 0.6 is 0 Å². The highest BCUT2D eigenvalue weighted by molar-refractivity contribution is 5.95. The Kier molecular flexibility index (Phi) is 4.01. The van der Waals surface area contributed by atoms with Crippen LogP contribution in [0.15, 0.2) is 24.3 Å². The van der Waals surface area contributed by atoms with Gasteiger partial charge < -0.3 is 5.32 Å². The van der Waals surface area contributed by atoms with Crippen molar-refractivity contribution < 1.29 is 9.59 Å². The third-order valence-corrected chi connectivity index (χ3v) is 4.01. The molecule has 120 valence electrons. The average molecular weight is 313 g/mol. The normalized spacial score (nSPS) is 12.6. The number of hydrogen-bond donors (Lipinski definition) is 3. The van der Waals surface area contributed by atoms with Crippen molar-refractivity contribution in [2.24, 2.45) is 0 Å². The molecule has 3 amide bonds. The van der Waals surface area contributed by atoms with Gasteiger partial charge in [-0.05, 0) is 37.8 Å². The fourth-order valence-electron chi connectivity index (χ4n) is 2.86. The molecule has 3 N–H and O–H groups in total. The number of amides is 3. The van der Waals surface area contributed by atoms with Crippen molar-refractivity contribution in [3.05, 3.63) is 46.8 Å². The summed E-state index contributed by atoms with van der Waals surface area (Å²) in [4.78, 5) is 23.5. The number of rotatable bonds is 2. The van der Waals surface area contributed by atoms with Crippen LogP contribution < -0.4 is 16.2 Å². The van der Waals surface area contributed by atoms with E-state index in [1.807, 2.05) is 35.9 Å². The number of urea groups is 1. The minimum absolute atomic E-state index is 0.372. The van der Waals surface area contributed by atoms with Crippen LogP contribution in [0.1, 0.15) is 33.7 Å². The molecule has 1 heterocycles. The summed E-state index contributed by atoms with van der Waals surface area (Å²) in [6.07, 6.45) is 2.72. The lowest BCUT2D eigenvalue weighted by atomic mass is 10.2. The zero-order chi connectivity index (χ0) is 16.4. The van der Waals surface area contributed by atoms with Gasteiger partial charge in [0.25, 0.3) is 5.91 Å². The highest BCUT2D eigenvalue weighted by Gasteiger charge is 2.27. The first kappa shape index (κ1) is 15.1. The van der Waals surface area contributed by atoms with Crippen molar-refractivity contribution in [1.29, 1.82) is 0 Å². The summed E-state index contributed by atoms with van der Waals surface area (Å²) in [6, 6.07) is 7.46. The van der Waals surface area contributed by atoms with Gasteiger partial charge in [-0.15, -0.1) is 0 Å². The second-order valence-electron chi connectivity index (χ2n) is 5.48. The summed E-state index contributed by atoms with van der Waals surface area (Å²) >= 11 is 0. The quantitative estimate of drug-likeness (QED) is 0.729. The molecule has 23 heavy (non-hydrogen) atoms. The van der Waals surface area contributed by atoms with E-state index in [1.54, 1.807) is 0 Å². The Labute approximate surface area is 134 Å². The van der Waals surface area contributed by atoms with Gasteiger partial charge in [0.05, 0.1) is 5.69 Å². The van der Waals surface area contributed by atoms with Gasteiger partial charge in [-0.1, -0.05) is 18.2 Å². The fourth-order valence-corrected chi connectivity index (χ4v) is 2.86. The monoisotopic (exact) mass is 313 g/mol. The smallest absolute Gasteiger partial charge is 0.333 e. The van der Waals surface area contributed by atoms with Gasteiger partial charge in [0.15, 0.2) is 5.69 Å². The molecule has 1 aliphatic rings. The molecule has 0 radical (unpaired) electrons. The van der Waals surface area contributed by atoms with Gasteiger partial charge in [0.1, 0.15) is 0 Å². The van der Waals surface area contributed by atoms with Crippen LogP contribution in [0.5, 0.6) is 0 Å². The zero-order valence-corrected chi connectivity index (χ0v) is 13.1. The number of benzene rings is 1. The third-order valence-electron chi connectivity index (χ3n) is 4.01. The van der Waals surface area contributed by atoms with E-state index in [9.17, 15) is 9.59 Å². The van der Waals surface area contributed by atoms with Crippen LogP contribution in [-0.2, 0) is 12.8 Å². The average Bonchev–Trinajstić information content (AvgIpc) is 3.15. The number of hydrazine groups is 1. The van der Waals surface area contributed by atoms with E-state index in [0.29, 0.717) is 5.69 Å². The lowest BCUT2D eigenvalue weighted by Crippen LogP contribution is -2.46. The predicted molar refractivity (Wildman–Crippen MR) is 85.4 cm³/mol. The van der Waals surface area contributed by atoms with Crippen LogP contribution in [0, 0.1) is 6.92 Å². The molecular formula is C16H19N5O2. The molecule has 0 atom stereocenters. The molecule has 7 heteroatoms. The summed E-state index contributed by atoms with van der Waals surface area (Å²) in [7, 11) is 1.48. The Morgan fingerprint density at radius 1 is 1.17 bits per heavy atom. The Morgan fingerprint density at radius 3 is 2.70 bits per heavy atom. The highest BCUT2D eigenvalue weighted by atomic mass is 16.2. The second-order valence-corrected chi connectivity index (χ2v) is 5.48. The number of nitrogens with zero attached hydrogens (tertiary/aromatic N) is 2. The van der Waals surface area contributed by atoms with Crippen molar-refractivity contribution in [1.82, 2.24) is 25.9 Å². The molecule has 0 bridgehead atoms. The summed E-state index contributed by atoms with van der Waals surface area (Å²) in [5.41, 5.74) is 9.15. The largest absolute Gasteiger partial charge is 0.340 e. The van der Waals surface area contributed by atoms with E-state index < -0.39 is 11.9 Å². The first-order valence-corrected chi connectivity index (χ1v) is 7.56. The topological polar surface area (TPSA) is 88.1 Å². The number of aryl methyl sites for hydroxylation is 1. The molecule has 1 aromatic carbocycles. The van der Waals surface area contributed by atoms with E-state index in [0.717, 1.165) is 41.8 Å². The molecule has 0 spiro atoms. The summed E-state index contributed by atoms with van der Waals surface area (Å²) in [5.74, 6) is -0.404. The highest BCUT2D eigenvalue weighted by Crippen LogP contribution is 2.28. The van der Waals surface area contributed by atoms with Crippen molar-refractivity contribution in [2.75, 3.05) is 7.05 Å². The number of hydrogen-bond acceptors (Lipinski definition) is 3. The molecular weight excluding hydrogens is 294 g/mol. The summed E-state index contributed by atoms with van der Waals surface area (Å²) < 4.78 is 1.85. The molecule has 1 aromatic heterocycles. The Bertz CT molecular complexity index is 766. The van der Waals surface area contributed by atoms with Gasteiger partial charge in [0.2, 0.25) is 0 Å². The van der Waals surface area contributed by atoms with Gasteiger partial charge in [-0.3, -0.25) is 10.2 Å². The van der Waals surface area contributed by atoms with E-state index in [2.05, 4.69) is 21.3 Å². The number of para-hydroxylation sites is 1. The van der Waals surface area contributed by atoms with E-state index >= 15 is 0 Å². The lowest BCUT2D eigenvalue weighted by molar-refractivity contribution is 0.0930. The molecule has 3 rings (SSSR count). The molecule has 0 unspecified atom stereocenters. The lowest BCUT2D eigenvalue weighted by Gasteiger charge is -2.08. The van der Waals surface area contributed by atoms with Gasteiger partial charge in [-0.25, -0.2) is 14.9 Å². The maximum Gasteiger partial charge on any atom is 0.333 e. The first-order valence-electron chi connectivity index (χ1n) is 7.56. The van der Waals surface area contributed by atoms with Crippen molar-refractivity contribution in [2.45, 2.75) is 26.2 Å². The van der Waals surface area contributed by atoms with E-state index in [4.69, 9.17) is 0 Å². The number of carbonyl (C=O) groups is 2. The molecule has 0 aliphatic heterocycles. The minimum Gasteiger partial charge on any atom is -0.340 e. The second kappa shape index (κ2) is 6.12. The van der Waals surface area contributed by atoms with E-state index in [1.165, 1.54) is 7.05 Å². The van der Waals surface area contributed by atoms with E-state index in [-0.39, 0.29) is 0 Å². The number of nitrogens with one attached hydrogen (secondary N) is 3. The predicted octanol–water partition coefficient (Wildman–Crippen LogP) is 1.24. The fraction of sp³-hybridized carbons (Fsp3) is 0.312. The Morgan fingerprint density at radius 2 is 1.96 bits per heavy atom. The van der Waals surface area contributed by atoms with Crippen LogP contribution in [0.25, 0.3) is 5.69 Å². The maximum absolute atomic E-state index is 12.3. The van der Waals surface area contributed by atoms with Gasteiger partial charge in [-0.2, -0.15) is 5.10 Å². The minimum atomic E-state index is -0.478. The SMILES string of the molecule is CNC(=O)NNC(=O)c1nn(-c2ccccc2C)c2c1CCC2. The summed E-state index contributed by atoms with van der Waals surface area (Å²) in [5, 5.41) is 6.87. The summed E-state index contributed by atoms with van der Waals surface area (Å²) in [6.45, 7) is 2.02. The molecule has 7 nitrogen and oxygen atoms in total. The van der Waals surface area contributed by atoms with Crippen LogP contribution in [0.3, 0.4) is 0 Å². The third kappa shape index (κ3) is 2.77. The Hall–Kier alpha value is -2.83. The van der Waals surface area contributed by atoms with Crippen molar-refractivity contribution in [3.8, 4) is 5.69 Å². The van der Waals surface area contributed by atoms with Crippen LogP contribution in [0.4, 0.5) is 4.79 Å². The maximum atomic E-state index is 12.3. The van der Waals surface area contributed by atoms with Gasteiger partial charge >= 0.3 is 6.03 Å².